The van der Waals surface area contributed by atoms with Crippen molar-refractivity contribution in [2.45, 2.75) is 37.6 Å². The highest BCUT2D eigenvalue weighted by molar-refractivity contribution is 4.93. The van der Waals surface area contributed by atoms with Gasteiger partial charge in [0.15, 0.2) is 6.10 Å². The molecular weight excluding hydrogens is 233 g/mol. The van der Waals surface area contributed by atoms with E-state index in [0.717, 1.165) is 19.3 Å². The van der Waals surface area contributed by atoms with Gasteiger partial charge in [-0.3, -0.25) is 4.90 Å². The lowest BCUT2D eigenvalue weighted by Gasteiger charge is -2.29. The first-order valence-electron chi connectivity index (χ1n) is 6.10. The van der Waals surface area contributed by atoms with Crippen LogP contribution in [-0.2, 0) is 0 Å². The number of rotatable bonds is 2. The maximum atomic E-state index is 12.2. The number of β-amino-alcohol motifs (C(OH)–C–C–N with tert-alkyl or cyclic N) is 1. The summed E-state index contributed by atoms with van der Waals surface area (Å²) < 4.78 is 36.7. The Balaban J connectivity index is 1.89. The smallest absolute Gasteiger partial charge is 0.382 e. The maximum absolute atomic E-state index is 12.2. The molecule has 17 heavy (non-hydrogen) atoms. The Morgan fingerprint density at radius 3 is 2.59 bits per heavy atom. The summed E-state index contributed by atoms with van der Waals surface area (Å²) in [7, 11) is 0. The normalized spacial score (nSPS) is 36.9. The van der Waals surface area contributed by atoms with Crippen molar-refractivity contribution in [3.63, 3.8) is 0 Å². The van der Waals surface area contributed by atoms with Crippen LogP contribution in [0.15, 0.2) is 0 Å². The number of hydrogen-bond acceptors (Lipinski definition) is 3. The van der Waals surface area contributed by atoms with Crippen LogP contribution in [0.5, 0.6) is 0 Å². The number of hydrogen-bond donors (Lipinski definition) is 2. The van der Waals surface area contributed by atoms with Gasteiger partial charge in [-0.05, 0) is 24.7 Å². The zero-order valence-electron chi connectivity index (χ0n) is 9.66. The summed E-state index contributed by atoms with van der Waals surface area (Å²) in [5.41, 5.74) is 5.99. The Kier molecular flexibility index (Phi) is 3.66. The van der Waals surface area contributed by atoms with Crippen LogP contribution in [-0.4, -0.2) is 48.0 Å². The molecule has 0 spiro atoms. The number of aliphatic hydroxyl groups is 1. The quantitative estimate of drug-likeness (QED) is 0.770. The number of fused-ring (bicyclic) bond motifs is 1. The molecule has 0 aromatic heterocycles. The first kappa shape index (κ1) is 13.1. The van der Waals surface area contributed by atoms with Crippen molar-refractivity contribution in [3.05, 3.63) is 0 Å². The third kappa shape index (κ3) is 2.92. The summed E-state index contributed by atoms with van der Waals surface area (Å²) in [6.07, 6.45) is -3.67. The average molecular weight is 252 g/mol. The molecule has 3 nitrogen and oxygen atoms in total. The summed E-state index contributed by atoms with van der Waals surface area (Å²) in [6.45, 7) is 0.924. The highest BCUT2D eigenvalue weighted by Gasteiger charge is 2.43. The number of likely N-dealkylation sites (tertiary alicyclic amines) is 1. The van der Waals surface area contributed by atoms with E-state index in [4.69, 9.17) is 10.8 Å². The van der Waals surface area contributed by atoms with E-state index in [1.165, 1.54) is 0 Å². The molecule has 0 amide bonds. The van der Waals surface area contributed by atoms with Crippen molar-refractivity contribution in [2.75, 3.05) is 19.6 Å². The molecule has 3 N–H and O–H groups in total. The molecule has 0 aromatic rings. The van der Waals surface area contributed by atoms with E-state index in [1.54, 1.807) is 4.90 Å². The van der Waals surface area contributed by atoms with E-state index in [9.17, 15) is 13.2 Å². The molecule has 6 heteroatoms. The second-order valence-electron chi connectivity index (χ2n) is 5.29. The van der Waals surface area contributed by atoms with Gasteiger partial charge in [0.1, 0.15) is 0 Å². The van der Waals surface area contributed by atoms with E-state index in [0.29, 0.717) is 24.9 Å². The average Bonchev–Trinajstić information content (AvgIpc) is 2.60. The third-order valence-corrected chi connectivity index (χ3v) is 4.04. The summed E-state index contributed by atoms with van der Waals surface area (Å²) in [4.78, 5) is 1.71. The van der Waals surface area contributed by atoms with Gasteiger partial charge in [0.05, 0.1) is 0 Å². The van der Waals surface area contributed by atoms with Gasteiger partial charge in [0, 0.05) is 25.7 Å². The number of aliphatic hydroxyl groups excluding tert-OH is 1. The van der Waals surface area contributed by atoms with Crippen LogP contribution >= 0.6 is 0 Å². The van der Waals surface area contributed by atoms with Gasteiger partial charge < -0.3 is 10.8 Å². The van der Waals surface area contributed by atoms with E-state index in [1.807, 2.05) is 0 Å². The maximum Gasteiger partial charge on any atom is 0.415 e. The van der Waals surface area contributed by atoms with Gasteiger partial charge in [0.2, 0.25) is 0 Å². The van der Waals surface area contributed by atoms with Crippen molar-refractivity contribution in [1.29, 1.82) is 0 Å². The second-order valence-corrected chi connectivity index (χ2v) is 5.29. The lowest BCUT2D eigenvalue weighted by molar-refractivity contribution is -0.207. The minimum Gasteiger partial charge on any atom is -0.382 e. The van der Waals surface area contributed by atoms with Gasteiger partial charge in [-0.2, -0.15) is 13.2 Å². The first-order chi connectivity index (χ1) is 7.88. The van der Waals surface area contributed by atoms with E-state index < -0.39 is 12.3 Å². The van der Waals surface area contributed by atoms with Gasteiger partial charge in [0.25, 0.3) is 0 Å². The monoisotopic (exact) mass is 252 g/mol. The molecule has 0 radical (unpaired) electrons. The zero-order chi connectivity index (χ0) is 12.6. The molecule has 1 saturated carbocycles. The Morgan fingerprint density at radius 2 is 2.00 bits per heavy atom. The first-order valence-corrected chi connectivity index (χ1v) is 6.10. The SMILES string of the molecule is NC1CCCC2CN(CC(O)C(F)(F)F)CC12. The molecule has 2 fully saturated rings. The lowest BCUT2D eigenvalue weighted by atomic mass is 9.78. The van der Waals surface area contributed by atoms with Crippen LogP contribution in [0.2, 0.25) is 0 Å². The van der Waals surface area contributed by atoms with Crippen LogP contribution in [0.4, 0.5) is 13.2 Å². The van der Waals surface area contributed by atoms with Crippen LogP contribution in [0.1, 0.15) is 19.3 Å². The molecule has 2 rings (SSSR count). The molecule has 1 aliphatic carbocycles. The van der Waals surface area contributed by atoms with E-state index >= 15 is 0 Å². The predicted molar refractivity (Wildman–Crippen MR) is 57.3 cm³/mol. The molecule has 0 bridgehead atoms. The Bertz CT molecular complexity index is 272. The molecule has 0 aromatic carbocycles. The fraction of sp³-hybridized carbons (Fsp3) is 1.00. The highest BCUT2D eigenvalue weighted by Crippen LogP contribution is 2.36. The minimum absolute atomic E-state index is 0.113. The largest absolute Gasteiger partial charge is 0.415 e. The molecule has 4 unspecified atom stereocenters. The van der Waals surface area contributed by atoms with E-state index in [2.05, 4.69) is 0 Å². The number of alkyl halides is 3. The number of halogens is 3. The number of nitrogens with zero attached hydrogens (tertiary/aromatic N) is 1. The van der Waals surface area contributed by atoms with Gasteiger partial charge in [-0.15, -0.1) is 0 Å². The minimum atomic E-state index is -4.52. The van der Waals surface area contributed by atoms with E-state index in [-0.39, 0.29) is 12.6 Å². The van der Waals surface area contributed by atoms with Crippen LogP contribution in [0.25, 0.3) is 0 Å². The lowest BCUT2D eigenvalue weighted by Crippen LogP contribution is -2.41. The van der Waals surface area contributed by atoms with Crippen molar-refractivity contribution in [3.8, 4) is 0 Å². The van der Waals surface area contributed by atoms with Crippen molar-refractivity contribution in [2.24, 2.45) is 17.6 Å². The van der Waals surface area contributed by atoms with Crippen LogP contribution in [0.3, 0.4) is 0 Å². The highest BCUT2D eigenvalue weighted by atomic mass is 19.4. The summed E-state index contributed by atoms with van der Waals surface area (Å²) in [5.74, 6) is 0.725. The third-order valence-electron chi connectivity index (χ3n) is 4.04. The zero-order valence-corrected chi connectivity index (χ0v) is 9.66. The molecule has 4 atom stereocenters. The van der Waals surface area contributed by atoms with Crippen molar-refractivity contribution >= 4 is 0 Å². The topological polar surface area (TPSA) is 49.5 Å². The molecule has 1 saturated heterocycles. The van der Waals surface area contributed by atoms with Gasteiger partial charge >= 0.3 is 6.18 Å². The fourth-order valence-electron chi connectivity index (χ4n) is 3.11. The number of nitrogens with two attached hydrogens (primary N) is 1. The second kappa shape index (κ2) is 4.74. The Labute approximate surface area is 98.8 Å². The molecular formula is C11H19F3N2O. The Morgan fingerprint density at radius 1 is 1.29 bits per heavy atom. The molecule has 1 aliphatic heterocycles. The van der Waals surface area contributed by atoms with Gasteiger partial charge in [-0.25, -0.2) is 0 Å². The van der Waals surface area contributed by atoms with Gasteiger partial charge in [-0.1, -0.05) is 6.42 Å². The summed E-state index contributed by atoms with van der Waals surface area (Å²) in [5, 5.41) is 9.05. The predicted octanol–water partition coefficient (Wildman–Crippen LogP) is 0.969. The molecule has 2 aliphatic rings. The Hall–Kier alpha value is -0.330. The summed E-state index contributed by atoms with van der Waals surface area (Å²) >= 11 is 0. The molecule has 1 heterocycles. The summed E-state index contributed by atoms with van der Waals surface area (Å²) in [6, 6.07) is 0.113. The van der Waals surface area contributed by atoms with Crippen LogP contribution in [0, 0.1) is 11.8 Å². The van der Waals surface area contributed by atoms with Crippen molar-refractivity contribution in [1.82, 2.24) is 4.90 Å². The fourth-order valence-corrected chi connectivity index (χ4v) is 3.11. The standard InChI is InChI=1S/C11H19F3N2O/c12-11(13,14)10(17)6-16-4-7-2-1-3-9(15)8(7)5-16/h7-10,17H,1-6,15H2. The van der Waals surface area contributed by atoms with Crippen LogP contribution < -0.4 is 5.73 Å². The van der Waals surface area contributed by atoms with Crippen molar-refractivity contribution < 1.29 is 18.3 Å². The molecule has 100 valence electrons.